The Balaban J connectivity index is 2.40. The predicted octanol–water partition coefficient (Wildman–Crippen LogP) is 4.24. The van der Waals surface area contributed by atoms with E-state index in [1.165, 1.54) is 19.2 Å². The minimum atomic E-state index is -0.526. The van der Waals surface area contributed by atoms with E-state index in [-0.39, 0.29) is 11.3 Å². The van der Waals surface area contributed by atoms with E-state index >= 15 is 0 Å². The van der Waals surface area contributed by atoms with Crippen LogP contribution in [0.3, 0.4) is 0 Å². The van der Waals surface area contributed by atoms with Crippen molar-refractivity contribution in [2.24, 2.45) is 0 Å². The molecule has 0 heterocycles. The highest BCUT2D eigenvalue weighted by molar-refractivity contribution is 9.10. The van der Waals surface area contributed by atoms with Gasteiger partial charge >= 0.3 is 0 Å². The van der Waals surface area contributed by atoms with Crippen LogP contribution in [-0.4, -0.2) is 17.9 Å². The van der Waals surface area contributed by atoms with Gasteiger partial charge in [-0.2, -0.15) is 0 Å². The highest BCUT2D eigenvalue weighted by Crippen LogP contribution is 2.32. The van der Waals surface area contributed by atoms with Crippen LogP contribution < -0.4 is 10.1 Å². The molecular weight excluding hydrogens is 364 g/mol. The minimum Gasteiger partial charge on any atom is -0.495 e. The zero-order valence-electron chi connectivity index (χ0n) is 12.8. The molecule has 0 spiro atoms. The number of anilines is 1. The van der Waals surface area contributed by atoms with Crippen molar-refractivity contribution in [2.45, 2.75) is 13.8 Å². The lowest BCUT2D eigenvalue weighted by Gasteiger charge is -2.14. The van der Waals surface area contributed by atoms with Gasteiger partial charge in [-0.25, -0.2) is 0 Å². The summed E-state index contributed by atoms with van der Waals surface area (Å²) >= 11 is 3.37. The van der Waals surface area contributed by atoms with Crippen LogP contribution in [0.1, 0.15) is 21.5 Å². The van der Waals surface area contributed by atoms with E-state index in [9.17, 15) is 14.9 Å². The Morgan fingerprint density at radius 1 is 1.22 bits per heavy atom. The molecule has 1 N–H and O–H groups in total. The van der Waals surface area contributed by atoms with Crippen molar-refractivity contribution in [3.63, 3.8) is 0 Å². The van der Waals surface area contributed by atoms with Crippen molar-refractivity contribution in [3.8, 4) is 5.75 Å². The summed E-state index contributed by atoms with van der Waals surface area (Å²) in [7, 11) is 1.51. The van der Waals surface area contributed by atoms with Gasteiger partial charge in [0.2, 0.25) is 0 Å². The first-order valence-electron chi connectivity index (χ1n) is 6.74. The number of carbonyl (C=O) groups is 1. The second-order valence-electron chi connectivity index (χ2n) is 5.01. The lowest BCUT2D eigenvalue weighted by Crippen LogP contribution is -2.15. The molecule has 0 aliphatic heterocycles. The van der Waals surface area contributed by atoms with Crippen LogP contribution in [0.4, 0.5) is 11.4 Å². The molecule has 1 amide bonds. The van der Waals surface area contributed by atoms with Gasteiger partial charge in [0.1, 0.15) is 5.75 Å². The van der Waals surface area contributed by atoms with Crippen LogP contribution in [0, 0.1) is 24.0 Å². The topological polar surface area (TPSA) is 81.5 Å². The fraction of sp³-hybridized carbons (Fsp3) is 0.188. The molecule has 7 heteroatoms. The summed E-state index contributed by atoms with van der Waals surface area (Å²) in [4.78, 5) is 22.9. The Morgan fingerprint density at radius 2 is 1.91 bits per heavy atom. The summed E-state index contributed by atoms with van der Waals surface area (Å²) < 4.78 is 6.11. The van der Waals surface area contributed by atoms with Gasteiger partial charge in [0, 0.05) is 22.2 Å². The highest BCUT2D eigenvalue weighted by Gasteiger charge is 2.17. The lowest BCUT2D eigenvalue weighted by atomic mass is 10.1. The van der Waals surface area contributed by atoms with E-state index in [4.69, 9.17) is 4.74 Å². The maximum Gasteiger partial charge on any atom is 0.270 e. The van der Waals surface area contributed by atoms with Gasteiger partial charge in [-0.05, 0) is 37.1 Å². The van der Waals surface area contributed by atoms with Crippen molar-refractivity contribution >= 4 is 33.2 Å². The van der Waals surface area contributed by atoms with E-state index in [0.717, 1.165) is 10.0 Å². The second kappa shape index (κ2) is 6.78. The number of hydrogen-bond acceptors (Lipinski definition) is 4. The molecule has 0 unspecified atom stereocenters. The predicted molar refractivity (Wildman–Crippen MR) is 91.2 cm³/mol. The van der Waals surface area contributed by atoms with E-state index < -0.39 is 10.8 Å². The Hall–Kier alpha value is -2.41. The molecule has 23 heavy (non-hydrogen) atoms. The summed E-state index contributed by atoms with van der Waals surface area (Å²) in [5.41, 5.74) is 2.13. The smallest absolute Gasteiger partial charge is 0.270 e. The molecule has 0 saturated heterocycles. The summed E-state index contributed by atoms with van der Waals surface area (Å²) in [6.07, 6.45) is 0. The number of nitro benzene ring substituents is 1. The van der Waals surface area contributed by atoms with Crippen LogP contribution >= 0.6 is 15.9 Å². The number of nitro groups is 1. The van der Waals surface area contributed by atoms with Gasteiger partial charge in [0.15, 0.2) is 0 Å². The molecule has 2 aromatic rings. The van der Waals surface area contributed by atoms with Crippen LogP contribution in [0.15, 0.2) is 34.8 Å². The highest BCUT2D eigenvalue weighted by atomic mass is 79.9. The third-order valence-electron chi connectivity index (χ3n) is 3.40. The van der Waals surface area contributed by atoms with E-state index in [2.05, 4.69) is 21.2 Å². The molecule has 0 saturated carbocycles. The number of methoxy groups -OCH3 is 1. The third kappa shape index (κ3) is 3.68. The number of nitrogens with zero attached hydrogens (tertiary/aromatic N) is 1. The molecule has 2 aromatic carbocycles. The third-order valence-corrected chi connectivity index (χ3v) is 3.86. The Kier molecular flexibility index (Phi) is 5.00. The molecule has 0 aliphatic rings. The van der Waals surface area contributed by atoms with Crippen molar-refractivity contribution in [2.75, 3.05) is 12.4 Å². The molecule has 2 rings (SSSR count). The van der Waals surface area contributed by atoms with Gasteiger partial charge in [-0.3, -0.25) is 14.9 Å². The van der Waals surface area contributed by atoms with Gasteiger partial charge in [-0.1, -0.05) is 22.0 Å². The number of benzene rings is 2. The Morgan fingerprint density at radius 3 is 2.52 bits per heavy atom. The van der Waals surface area contributed by atoms with Crippen LogP contribution in [0.2, 0.25) is 0 Å². The molecule has 0 aliphatic carbocycles. The summed E-state index contributed by atoms with van der Waals surface area (Å²) in [6.45, 7) is 3.56. The molecule has 0 radical (unpaired) electrons. The fourth-order valence-electron chi connectivity index (χ4n) is 2.18. The minimum absolute atomic E-state index is 0.125. The van der Waals surface area contributed by atoms with Crippen molar-refractivity contribution < 1.29 is 14.5 Å². The maximum atomic E-state index is 12.5. The average Bonchev–Trinajstić information content (AvgIpc) is 2.49. The average molecular weight is 379 g/mol. The van der Waals surface area contributed by atoms with Gasteiger partial charge in [0.25, 0.3) is 11.6 Å². The number of ether oxygens (including phenoxy) is 1. The summed E-state index contributed by atoms with van der Waals surface area (Å²) in [5.74, 6) is 0.0863. The molecule has 0 aromatic heterocycles. The largest absolute Gasteiger partial charge is 0.495 e. The molecular formula is C16H15BrN2O4. The van der Waals surface area contributed by atoms with Crippen molar-refractivity contribution in [3.05, 3.63) is 61.6 Å². The Bertz CT molecular complexity index is 790. The first-order chi connectivity index (χ1) is 10.8. The lowest BCUT2D eigenvalue weighted by molar-refractivity contribution is -0.384. The van der Waals surface area contributed by atoms with Crippen LogP contribution in [0.5, 0.6) is 5.75 Å². The second-order valence-corrected chi connectivity index (χ2v) is 5.93. The van der Waals surface area contributed by atoms with E-state index in [1.807, 2.05) is 13.0 Å². The van der Waals surface area contributed by atoms with Crippen LogP contribution in [-0.2, 0) is 0 Å². The standard InChI is InChI=1S/C16H15BrN2O4/c1-9-4-5-12(19(21)22)8-13(9)16(20)18-15-10(2)6-11(17)7-14(15)23-3/h4-8H,1-3H3,(H,18,20). The van der Waals surface area contributed by atoms with E-state index in [0.29, 0.717) is 17.0 Å². The molecule has 0 bridgehead atoms. The first-order valence-corrected chi connectivity index (χ1v) is 7.53. The van der Waals surface area contributed by atoms with Gasteiger partial charge < -0.3 is 10.1 Å². The quantitative estimate of drug-likeness (QED) is 0.637. The first kappa shape index (κ1) is 17.0. The number of hydrogen-bond donors (Lipinski definition) is 1. The molecule has 0 fully saturated rings. The number of amides is 1. The maximum absolute atomic E-state index is 12.5. The number of rotatable bonds is 4. The molecule has 0 atom stereocenters. The molecule has 120 valence electrons. The number of nitrogens with one attached hydrogen (secondary N) is 1. The summed E-state index contributed by atoms with van der Waals surface area (Å²) in [5, 5.41) is 13.7. The monoisotopic (exact) mass is 378 g/mol. The van der Waals surface area contributed by atoms with Crippen LogP contribution in [0.25, 0.3) is 0 Å². The van der Waals surface area contributed by atoms with Crippen molar-refractivity contribution in [1.29, 1.82) is 0 Å². The normalized spacial score (nSPS) is 10.3. The number of halogens is 1. The van der Waals surface area contributed by atoms with E-state index in [1.54, 1.807) is 19.1 Å². The van der Waals surface area contributed by atoms with Gasteiger partial charge in [0.05, 0.1) is 17.7 Å². The molecule has 6 nitrogen and oxygen atoms in total. The zero-order valence-corrected chi connectivity index (χ0v) is 14.4. The number of carbonyl (C=O) groups excluding carboxylic acids is 1. The number of aryl methyl sites for hydroxylation is 2. The van der Waals surface area contributed by atoms with Gasteiger partial charge in [-0.15, -0.1) is 0 Å². The zero-order chi connectivity index (χ0) is 17.1. The fourth-order valence-corrected chi connectivity index (χ4v) is 2.73. The van der Waals surface area contributed by atoms with Crippen molar-refractivity contribution in [1.82, 2.24) is 0 Å². The SMILES string of the molecule is COc1cc(Br)cc(C)c1NC(=O)c1cc([N+](=O)[O-])ccc1C. The summed E-state index contributed by atoms with van der Waals surface area (Å²) in [6, 6.07) is 7.78. The Labute approximate surface area is 141 Å². The number of non-ortho nitro benzene ring substituents is 1.